The van der Waals surface area contributed by atoms with Gasteiger partial charge in [0, 0.05) is 25.7 Å². The van der Waals surface area contributed by atoms with Crippen LogP contribution in [0.5, 0.6) is 0 Å². The summed E-state index contributed by atoms with van der Waals surface area (Å²) in [4.78, 5) is 42.3. The Morgan fingerprint density at radius 3 is 1.00 bits per heavy atom. The molecule has 0 rings (SSSR count). The van der Waals surface area contributed by atoms with Gasteiger partial charge in [-0.1, -0.05) is 117 Å². The maximum Gasteiger partial charge on any atom is 0.303 e. The summed E-state index contributed by atoms with van der Waals surface area (Å²) in [6.45, 7) is 4.37. The molecule has 0 bridgehead atoms. The largest absolute Gasteiger partial charge is 0.481 e. The minimum Gasteiger partial charge on any atom is -0.481 e. The fourth-order valence-corrected chi connectivity index (χ4v) is 5.15. The number of nitro groups is 2. The first kappa shape index (κ1) is 45.3. The molecule has 0 radical (unpaired) electrons. The Labute approximate surface area is 278 Å². The molecular formula is C36H66N2O8. The van der Waals surface area contributed by atoms with Crippen LogP contribution in [0.25, 0.3) is 0 Å². The first-order valence-corrected chi connectivity index (χ1v) is 18.3. The van der Waals surface area contributed by atoms with Crippen LogP contribution in [-0.4, -0.2) is 32.0 Å². The summed E-state index contributed by atoms with van der Waals surface area (Å²) in [5.41, 5.74) is 0.718. The van der Waals surface area contributed by atoms with E-state index in [0.717, 1.165) is 96.3 Å². The number of hydrogen-bond acceptors (Lipinski definition) is 6. The number of allylic oxidation sites excluding steroid dienone is 4. The molecule has 0 heterocycles. The van der Waals surface area contributed by atoms with E-state index in [4.69, 9.17) is 10.2 Å². The predicted octanol–water partition coefficient (Wildman–Crippen LogP) is 11.4. The SMILES string of the molecule is CCCCCCCC/C(=C\CCCCCCCC(=O)O)[N+](=O)[O-].CCCCCCCC/C=C(\CCCCCCCC(=O)O)[N+](=O)[O-]. The molecule has 0 saturated carbocycles. The lowest BCUT2D eigenvalue weighted by Crippen LogP contribution is -1.99. The van der Waals surface area contributed by atoms with E-state index >= 15 is 0 Å². The van der Waals surface area contributed by atoms with Crippen molar-refractivity contribution in [3.63, 3.8) is 0 Å². The summed E-state index contributed by atoms with van der Waals surface area (Å²) in [5, 5.41) is 39.1. The summed E-state index contributed by atoms with van der Waals surface area (Å²) in [6.07, 6.45) is 29.7. The highest BCUT2D eigenvalue weighted by Crippen LogP contribution is 2.16. The molecule has 46 heavy (non-hydrogen) atoms. The van der Waals surface area contributed by atoms with Gasteiger partial charge in [-0.05, 0) is 63.5 Å². The van der Waals surface area contributed by atoms with Gasteiger partial charge in [0.1, 0.15) is 0 Å². The first-order chi connectivity index (χ1) is 22.1. The van der Waals surface area contributed by atoms with Gasteiger partial charge in [-0.3, -0.25) is 29.8 Å². The van der Waals surface area contributed by atoms with Crippen molar-refractivity contribution in [3.05, 3.63) is 43.8 Å². The molecule has 2 N–H and O–H groups in total. The van der Waals surface area contributed by atoms with Crippen molar-refractivity contribution in [2.45, 2.75) is 194 Å². The number of aliphatic carboxylic acids is 2. The fraction of sp³-hybridized carbons (Fsp3) is 0.833. The van der Waals surface area contributed by atoms with Gasteiger partial charge in [0.15, 0.2) is 0 Å². The summed E-state index contributed by atoms with van der Waals surface area (Å²) in [7, 11) is 0. The second-order valence-electron chi connectivity index (χ2n) is 12.3. The molecule has 0 aromatic carbocycles. The van der Waals surface area contributed by atoms with Gasteiger partial charge < -0.3 is 10.2 Å². The van der Waals surface area contributed by atoms with Crippen LogP contribution >= 0.6 is 0 Å². The van der Waals surface area contributed by atoms with Gasteiger partial charge >= 0.3 is 11.9 Å². The van der Waals surface area contributed by atoms with E-state index in [0.29, 0.717) is 30.7 Å². The number of unbranched alkanes of at least 4 members (excludes halogenated alkanes) is 20. The molecule has 0 spiro atoms. The van der Waals surface area contributed by atoms with Gasteiger partial charge in [-0.15, -0.1) is 0 Å². The monoisotopic (exact) mass is 654 g/mol. The molecule has 10 nitrogen and oxygen atoms in total. The normalized spacial score (nSPS) is 11.6. The molecule has 0 aliphatic carbocycles. The van der Waals surface area contributed by atoms with Crippen molar-refractivity contribution in [3.8, 4) is 0 Å². The van der Waals surface area contributed by atoms with Crippen molar-refractivity contribution < 1.29 is 29.6 Å². The molecule has 0 unspecified atom stereocenters. The third kappa shape index (κ3) is 35.7. The number of carbonyl (C=O) groups is 2. The zero-order chi connectivity index (χ0) is 34.7. The Kier molecular flexibility index (Phi) is 34.6. The average Bonchev–Trinajstić information content (AvgIpc) is 3.00. The van der Waals surface area contributed by atoms with Crippen LogP contribution in [0.2, 0.25) is 0 Å². The van der Waals surface area contributed by atoms with Crippen LogP contribution in [0.3, 0.4) is 0 Å². The Morgan fingerprint density at radius 1 is 0.457 bits per heavy atom. The van der Waals surface area contributed by atoms with E-state index in [1.54, 1.807) is 12.2 Å². The number of hydrogen-bond donors (Lipinski definition) is 2. The summed E-state index contributed by atoms with van der Waals surface area (Å²) < 4.78 is 0. The van der Waals surface area contributed by atoms with Crippen LogP contribution in [0.1, 0.15) is 194 Å². The Hall–Kier alpha value is -2.78. The zero-order valence-electron chi connectivity index (χ0n) is 29.2. The molecule has 0 fully saturated rings. The zero-order valence-corrected chi connectivity index (χ0v) is 29.2. The van der Waals surface area contributed by atoms with Gasteiger partial charge in [0.2, 0.25) is 11.4 Å². The number of nitrogens with zero attached hydrogens (tertiary/aromatic N) is 2. The van der Waals surface area contributed by atoms with Crippen LogP contribution in [-0.2, 0) is 9.59 Å². The highest BCUT2D eigenvalue weighted by Gasteiger charge is 2.10. The van der Waals surface area contributed by atoms with Crippen molar-refractivity contribution in [2.24, 2.45) is 0 Å². The first-order valence-electron chi connectivity index (χ1n) is 18.3. The molecular weight excluding hydrogens is 588 g/mol. The molecule has 0 amide bonds. The number of rotatable bonds is 32. The van der Waals surface area contributed by atoms with Crippen LogP contribution < -0.4 is 0 Å². The lowest BCUT2D eigenvalue weighted by molar-refractivity contribution is -0.428. The molecule has 0 aromatic heterocycles. The van der Waals surface area contributed by atoms with Crippen molar-refractivity contribution in [1.82, 2.24) is 0 Å². The van der Waals surface area contributed by atoms with Crippen LogP contribution in [0.4, 0.5) is 0 Å². The molecule has 0 aliphatic heterocycles. The van der Waals surface area contributed by atoms with Crippen LogP contribution in [0.15, 0.2) is 23.5 Å². The molecule has 10 heteroatoms. The van der Waals surface area contributed by atoms with Crippen molar-refractivity contribution in [2.75, 3.05) is 0 Å². The van der Waals surface area contributed by atoms with Crippen molar-refractivity contribution >= 4 is 11.9 Å². The lowest BCUT2D eigenvalue weighted by atomic mass is 10.1. The van der Waals surface area contributed by atoms with Crippen LogP contribution in [0, 0.1) is 20.2 Å². The average molecular weight is 655 g/mol. The third-order valence-electron chi connectivity index (χ3n) is 7.99. The molecule has 0 saturated heterocycles. The quantitative estimate of drug-likeness (QED) is 0.0411. The maximum absolute atomic E-state index is 11.0. The summed E-state index contributed by atoms with van der Waals surface area (Å²) in [6, 6.07) is 0. The minimum atomic E-state index is -0.752. The highest BCUT2D eigenvalue weighted by atomic mass is 16.6. The van der Waals surface area contributed by atoms with Gasteiger partial charge in [-0.25, -0.2) is 0 Å². The molecule has 0 aliphatic rings. The Morgan fingerprint density at radius 2 is 0.717 bits per heavy atom. The number of carboxylic acid groups (broad SMARTS) is 2. The maximum atomic E-state index is 11.0. The van der Waals surface area contributed by atoms with Gasteiger partial charge in [0.25, 0.3) is 0 Å². The molecule has 268 valence electrons. The predicted molar refractivity (Wildman–Crippen MR) is 186 cm³/mol. The third-order valence-corrected chi connectivity index (χ3v) is 7.99. The molecule has 0 aromatic rings. The van der Waals surface area contributed by atoms with E-state index in [9.17, 15) is 29.8 Å². The van der Waals surface area contributed by atoms with Crippen molar-refractivity contribution in [1.29, 1.82) is 0 Å². The highest BCUT2D eigenvalue weighted by molar-refractivity contribution is 5.66. The van der Waals surface area contributed by atoms with E-state index in [1.807, 2.05) is 0 Å². The Balaban J connectivity index is 0. The standard InChI is InChI=1S/2C18H33NO4/c1-2-3-4-5-8-11-14-17(19(22)23)15-12-9-6-7-10-13-16-18(20)21;1-2-3-4-5-6-8-11-14-17(19(22)23)15-12-9-7-10-13-16-18(20)21/h15H,2-14,16H2,1H3,(H,20,21);14H,2-13,15-16H2,1H3,(H,20,21)/b17-15+;17-14+. The van der Waals surface area contributed by atoms with E-state index in [1.165, 1.54) is 51.4 Å². The van der Waals surface area contributed by atoms with E-state index in [2.05, 4.69) is 13.8 Å². The topological polar surface area (TPSA) is 161 Å². The fourth-order valence-electron chi connectivity index (χ4n) is 5.15. The Bertz CT molecular complexity index is 842. The van der Waals surface area contributed by atoms with E-state index in [-0.39, 0.29) is 22.7 Å². The smallest absolute Gasteiger partial charge is 0.303 e. The summed E-state index contributed by atoms with van der Waals surface area (Å²) in [5.74, 6) is -1.49. The molecule has 0 atom stereocenters. The van der Waals surface area contributed by atoms with E-state index < -0.39 is 11.9 Å². The van der Waals surface area contributed by atoms with Gasteiger partial charge in [-0.2, -0.15) is 0 Å². The second kappa shape index (κ2) is 35.1. The summed E-state index contributed by atoms with van der Waals surface area (Å²) >= 11 is 0. The van der Waals surface area contributed by atoms with Gasteiger partial charge in [0.05, 0.1) is 9.85 Å². The second-order valence-corrected chi connectivity index (χ2v) is 12.3. The lowest BCUT2D eigenvalue weighted by Gasteiger charge is -2.01. The number of carboxylic acids is 2. The minimum absolute atomic E-state index is 0.221.